The number of aromatic nitrogens is 3. The van der Waals surface area contributed by atoms with Gasteiger partial charge in [0.1, 0.15) is 0 Å². The first-order valence-electron chi connectivity index (χ1n) is 7.31. The van der Waals surface area contributed by atoms with Gasteiger partial charge in [0.05, 0.1) is 0 Å². The first-order valence-corrected chi connectivity index (χ1v) is 7.31. The fourth-order valence-electron chi connectivity index (χ4n) is 2.56. The van der Waals surface area contributed by atoms with Crippen LogP contribution in [0.1, 0.15) is 38.9 Å². The van der Waals surface area contributed by atoms with Gasteiger partial charge in [-0.05, 0) is 32.6 Å². The Balaban J connectivity index is 2.39. The van der Waals surface area contributed by atoms with Crippen molar-refractivity contribution >= 4 is 11.9 Å². The number of alkyl halides is 5. The lowest BCUT2D eigenvalue weighted by molar-refractivity contribution is -0.292. The van der Waals surface area contributed by atoms with Crippen LogP contribution in [-0.2, 0) is 5.92 Å². The molecule has 0 radical (unpaired) electrons. The topological polar surface area (TPSA) is 67.9 Å². The molecule has 0 spiro atoms. The molecule has 0 aromatic carbocycles. The SMILES string of the molecule is CCN(c1nc(N)nc(C(F)(F)C(F)(F)F)n1)C(C)C1CCC1. The maximum Gasteiger partial charge on any atom is 0.461 e. The highest BCUT2D eigenvalue weighted by atomic mass is 19.4. The second-order valence-electron chi connectivity index (χ2n) is 5.61. The van der Waals surface area contributed by atoms with Gasteiger partial charge in [-0.15, -0.1) is 0 Å². The minimum atomic E-state index is -5.80. The molecule has 1 aliphatic rings. The number of rotatable bonds is 5. The van der Waals surface area contributed by atoms with Crippen molar-refractivity contribution in [2.45, 2.75) is 51.3 Å². The molecular weight excluding hydrogens is 321 g/mol. The Kier molecular flexibility index (Phi) is 4.63. The number of anilines is 2. The molecule has 0 bridgehead atoms. The number of hydrogen-bond acceptors (Lipinski definition) is 5. The van der Waals surface area contributed by atoms with E-state index in [1.54, 1.807) is 11.8 Å². The van der Waals surface area contributed by atoms with Crippen molar-refractivity contribution in [2.75, 3.05) is 17.2 Å². The van der Waals surface area contributed by atoms with Gasteiger partial charge in [0.25, 0.3) is 0 Å². The Hall–Kier alpha value is -1.74. The standard InChI is InChI=1S/C13H18F5N5/c1-3-23(7(2)8-5-4-6-8)11-21-9(20-10(19)22-11)12(14,15)13(16,17)18/h7-8H,3-6H2,1-2H3,(H2,19,20,21,22). The molecule has 1 atom stereocenters. The maximum atomic E-state index is 13.5. The summed E-state index contributed by atoms with van der Waals surface area (Å²) < 4.78 is 64.5. The smallest absolute Gasteiger partial charge is 0.368 e. The molecule has 2 rings (SSSR count). The molecule has 1 aromatic rings. The summed E-state index contributed by atoms with van der Waals surface area (Å²) in [5.41, 5.74) is 5.33. The zero-order chi connectivity index (χ0) is 17.4. The third-order valence-corrected chi connectivity index (χ3v) is 4.20. The van der Waals surface area contributed by atoms with Gasteiger partial charge < -0.3 is 10.6 Å². The predicted molar refractivity (Wildman–Crippen MR) is 74.0 cm³/mol. The molecule has 1 fully saturated rings. The Labute approximate surface area is 130 Å². The summed E-state index contributed by atoms with van der Waals surface area (Å²) in [4.78, 5) is 11.7. The average molecular weight is 339 g/mol. The summed E-state index contributed by atoms with van der Waals surface area (Å²) in [5, 5.41) is 0. The molecule has 1 saturated carbocycles. The summed E-state index contributed by atoms with van der Waals surface area (Å²) in [5.74, 6) is -7.43. The molecule has 23 heavy (non-hydrogen) atoms. The van der Waals surface area contributed by atoms with Crippen LogP contribution in [0, 0.1) is 5.92 Å². The van der Waals surface area contributed by atoms with E-state index < -0.39 is 23.9 Å². The van der Waals surface area contributed by atoms with E-state index in [1.165, 1.54) is 0 Å². The van der Waals surface area contributed by atoms with E-state index in [-0.39, 0.29) is 12.0 Å². The third kappa shape index (κ3) is 3.30. The second-order valence-corrected chi connectivity index (χ2v) is 5.61. The van der Waals surface area contributed by atoms with Gasteiger partial charge >= 0.3 is 12.1 Å². The number of nitrogens with zero attached hydrogens (tertiary/aromatic N) is 4. The summed E-state index contributed by atoms with van der Waals surface area (Å²) >= 11 is 0. The minimum Gasteiger partial charge on any atom is -0.368 e. The van der Waals surface area contributed by atoms with Gasteiger partial charge in [0, 0.05) is 12.6 Å². The van der Waals surface area contributed by atoms with Crippen molar-refractivity contribution in [1.29, 1.82) is 0 Å². The molecule has 5 nitrogen and oxygen atoms in total. The molecule has 1 aliphatic carbocycles. The molecular formula is C13H18F5N5. The van der Waals surface area contributed by atoms with Gasteiger partial charge in [-0.1, -0.05) is 6.42 Å². The van der Waals surface area contributed by atoms with Crippen molar-refractivity contribution in [1.82, 2.24) is 15.0 Å². The number of hydrogen-bond donors (Lipinski definition) is 1. The highest BCUT2D eigenvalue weighted by Gasteiger charge is 2.61. The Morgan fingerprint density at radius 3 is 2.22 bits per heavy atom. The summed E-state index contributed by atoms with van der Waals surface area (Å²) in [6.45, 7) is 3.98. The highest BCUT2D eigenvalue weighted by molar-refractivity contribution is 5.37. The van der Waals surface area contributed by atoms with E-state index in [0.29, 0.717) is 12.5 Å². The number of halogens is 5. The van der Waals surface area contributed by atoms with E-state index >= 15 is 0 Å². The van der Waals surface area contributed by atoms with Gasteiger partial charge in [0.15, 0.2) is 0 Å². The summed E-state index contributed by atoms with van der Waals surface area (Å²) in [7, 11) is 0. The van der Waals surface area contributed by atoms with Crippen LogP contribution in [0.15, 0.2) is 0 Å². The molecule has 0 aliphatic heterocycles. The van der Waals surface area contributed by atoms with Crippen LogP contribution in [0.5, 0.6) is 0 Å². The van der Waals surface area contributed by atoms with Crippen LogP contribution < -0.4 is 10.6 Å². The van der Waals surface area contributed by atoms with E-state index in [0.717, 1.165) is 19.3 Å². The fourth-order valence-corrected chi connectivity index (χ4v) is 2.56. The van der Waals surface area contributed by atoms with Crippen LogP contribution in [0.2, 0.25) is 0 Å². The molecule has 0 amide bonds. The molecule has 1 heterocycles. The van der Waals surface area contributed by atoms with E-state index in [9.17, 15) is 22.0 Å². The summed E-state index contributed by atoms with van der Waals surface area (Å²) in [6.07, 6.45) is -2.77. The van der Waals surface area contributed by atoms with Gasteiger partial charge in [-0.3, -0.25) is 0 Å². The molecule has 10 heteroatoms. The van der Waals surface area contributed by atoms with Crippen molar-refractivity contribution in [3.8, 4) is 0 Å². The molecule has 130 valence electrons. The lowest BCUT2D eigenvalue weighted by Gasteiger charge is -2.38. The maximum absolute atomic E-state index is 13.5. The van der Waals surface area contributed by atoms with E-state index in [1.807, 2.05) is 6.92 Å². The van der Waals surface area contributed by atoms with Crippen molar-refractivity contribution in [3.05, 3.63) is 5.82 Å². The number of nitrogens with two attached hydrogens (primary N) is 1. The summed E-state index contributed by atoms with van der Waals surface area (Å²) in [6, 6.07) is -0.0806. The molecule has 1 unspecified atom stereocenters. The van der Waals surface area contributed by atoms with Crippen molar-refractivity contribution < 1.29 is 22.0 Å². The minimum absolute atomic E-state index is 0.0806. The third-order valence-electron chi connectivity index (χ3n) is 4.20. The molecule has 0 saturated heterocycles. The monoisotopic (exact) mass is 339 g/mol. The van der Waals surface area contributed by atoms with Gasteiger partial charge in [0.2, 0.25) is 17.7 Å². The molecule has 1 aromatic heterocycles. The Morgan fingerprint density at radius 1 is 1.17 bits per heavy atom. The second kappa shape index (κ2) is 6.04. The van der Waals surface area contributed by atoms with Crippen LogP contribution in [0.4, 0.5) is 33.8 Å². The highest BCUT2D eigenvalue weighted by Crippen LogP contribution is 2.43. The normalized spacial score (nSPS) is 17.7. The van der Waals surface area contributed by atoms with Crippen molar-refractivity contribution in [3.63, 3.8) is 0 Å². The molecule has 2 N–H and O–H groups in total. The largest absolute Gasteiger partial charge is 0.461 e. The average Bonchev–Trinajstić information content (AvgIpc) is 2.35. The van der Waals surface area contributed by atoms with Crippen molar-refractivity contribution in [2.24, 2.45) is 5.92 Å². The first-order chi connectivity index (χ1) is 10.6. The lowest BCUT2D eigenvalue weighted by Crippen LogP contribution is -2.43. The fraction of sp³-hybridized carbons (Fsp3) is 0.769. The lowest BCUT2D eigenvalue weighted by atomic mass is 9.80. The Bertz CT molecular complexity index is 558. The zero-order valence-electron chi connectivity index (χ0n) is 12.7. The van der Waals surface area contributed by atoms with Gasteiger partial charge in [-0.2, -0.15) is 36.9 Å². The quantitative estimate of drug-likeness (QED) is 0.835. The Morgan fingerprint density at radius 2 is 1.78 bits per heavy atom. The van der Waals surface area contributed by atoms with Crippen LogP contribution >= 0.6 is 0 Å². The van der Waals surface area contributed by atoms with Crippen LogP contribution in [-0.4, -0.2) is 33.7 Å². The van der Waals surface area contributed by atoms with Gasteiger partial charge in [-0.25, -0.2) is 0 Å². The number of nitrogen functional groups attached to an aromatic ring is 1. The zero-order valence-corrected chi connectivity index (χ0v) is 12.7. The van der Waals surface area contributed by atoms with Crippen LogP contribution in [0.3, 0.4) is 0 Å². The predicted octanol–water partition coefficient (Wildman–Crippen LogP) is 3.12. The van der Waals surface area contributed by atoms with Crippen LogP contribution in [0.25, 0.3) is 0 Å². The van der Waals surface area contributed by atoms with E-state index in [2.05, 4.69) is 15.0 Å². The van der Waals surface area contributed by atoms with E-state index in [4.69, 9.17) is 5.73 Å². The first kappa shape index (κ1) is 17.6.